The van der Waals surface area contributed by atoms with Gasteiger partial charge in [-0.15, -0.1) is 0 Å². The van der Waals surface area contributed by atoms with Crippen molar-refractivity contribution < 1.29 is 9.50 Å². The average molecular weight is 167 g/mol. The molecular formula is C9H10FNO. The summed E-state index contributed by atoms with van der Waals surface area (Å²) in [7, 11) is 0. The number of fused-ring (bicyclic) bond motifs is 1. The summed E-state index contributed by atoms with van der Waals surface area (Å²) in [6.45, 7) is 0.684. The largest absolute Gasteiger partial charge is 0.376 e. The molecule has 0 atom stereocenters. The molecule has 0 aromatic heterocycles. The molecule has 1 aliphatic rings. The van der Waals surface area contributed by atoms with E-state index in [2.05, 4.69) is 0 Å². The highest BCUT2D eigenvalue weighted by atomic mass is 19.1. The fourth-order valence-electron chi connectivity index (χ4n) is 1.61. The van der Waals surface area contributed by atoms with E-state index < -0.39 is 0 Å². The van der Waals surface area contributed by atoms with Gasteiger partial charge in [-0.25, -0.2) is 4.39 Å². The highest BCUT2D eigenvalue weighted by molar-refractivity contribution is 5.57. The SMILES string of the molecule is OCN1CCc2c(F)cccc21. The Bertz CT molecular complexity index is 301. The molecule has 0 bridgehead atoms. The molecule has 3 heteroatoms. The van der Waals surface area contributed by atoms with E-state index in [1.165, 1.54) is 6.07 Å². The predicted octanol–water partition coefficient (Wildman–Crippen LogP) is 1.14. The number of benzene rings is 1. The number of rotatable bonds is 1. The van der Waals surface area contributed by atoms with Gasteiger partial charge in [-0.1, -0.05) is 6.07 Å². The van der Waals surface area contributed by atoms with E-state index in [4.69, 9.17) is 5.11 Å². The molecule has 0 saturated carbocycles. The maximum absolute atomic E-state index is 13.1. The van der Waals surface area contributed by atoms with E-state index in [1.807, 2.05) is 6.07 Å². The van der Waals surface area contributed by atoms with Crippen molar-refractivity contribution in [2.75, 3.05) is 18.2 Å². The van der Waals surface area contributed by atoms with Crippen LogP contribution in [0.2, 0.25) is 0 Å². The number of halogens is 1. The van der Waals surface area contributed by atoms with Crippen LogP contribution in [0.15, 0.2) is 18.2 Å². The summed E-state index contributed by atoms with van der Waals surface area (Å²) < 4.78 is 13.1. The summed E-state index contributed by atoms with van der Waals surface area (Å²) >= 11 is 0. The molecule has 0 amide bonds. The van der Waals surface area contributed by atoms with E-state index >= 15 is 0 Å². The van der Waals surface area contributed by atoms with Crippen molar-refractivity contribution >= 4 is 5.69 Å². The van der Waals surface area contributed by atoms with Crippen molar-refractivity contribution in [2.24, 2.45) is 0 Å². The summed E-state index contributed by atoms with van der Waals surface area (Å²) in [5.74, 6) is -0.163. The first-order valence-corrected chi connectivity index (χ1v) is 3.96. The maximum Gasteiger partial charge on any atom is 0.128 e. The Balaban J connectivity index is 2.46. The lowest BCUT2D eigenvalue weighted by Crippen LogP contribution is -2.20. The molecule has 0 aliphatic carbocycles. The number of aliphatic hydroxyl groups is 1. The monoisotopic (exact) mass is 167 g/mol. The highest BCUT2D eigenvalue weighted by Gasteiger charge is 2.20. The second-order valence-corrected chi connectivity index (χ2v) is 2.89. The molecule has 1 aliphatic heterocycles. The van der Waals surface area contributed by atoms with Gasteiger partial charge in [0.05, 0.1) is 0 Å². The molecule has 0 radical (unpaired) electrons. The van der Waals surface area contributed by atoms with Gasteiger partial charge in [0.25, 0.3) is 0 Å². The second-order valence-electron chi connectivity index (χ2n) is 2.89. The summed E-state index contributed by atoms with van der Waals surface area (Å²) in [6, 6.07) is 4.96. The maximum atomic E-state index is 13.1. The minimum absolute atomic E-state index is 0.0313. The molecule has 1 heterocycles. The molecule has 2 nitrogen and oxygen atoms in total. The Morgan fingerprint density at radius 3 is 3.08 bits per heavy atom. The molecule has 0 saturated heterocycles. The van der Waals surface area contributed by atoms with Crippen molar-refractivity contribution in [3.05, 3.63) is 29.6 Å². The summed E-state index contributed by atoms with van der Waals surface area (Å²) in [4.78, 5) is 1.76. The van der Waals surface area contributed by atoms with Crippen LogP contribution in [0.1, 0.15) is 5.56 Å². The van der Waals surface area contributed by atoms with Gasteiger partial charge in [-0.3, -0.25) is 0 Å². The second kappa shape index (κ2) is 2.75. The van der Waals surface area contributed by atoms with E-state index in [0.717, 1.165) is 11.3 Å². The van der Waals surface area contributed by atoms with Crippen LogP contribution >= 0.6 is 0 Å². The van der Waals surface area contributed by atoms with E-state index in [1.54, 1.807) is 11.0 Å². The van der Waals surface area contributed by atoms with Crippen molar-refractivity contribution in [1.82, 2.24) is 0 Å². The molecule has 12 heavy (non-hydrogen) atoms. The molecule has 0 unspecified atom stereocenters. The van der Waals surface area contributed by atoms with Crippen LogP contribution < -0.4 is 4.90 Å². The fraction of sp³-hybridized carbons (Fsp3) is 0.333. The molecule has 1 aromatic rings. The Morgan fingerprint density at radius 1 is 1.50 bits per heavy atom. The van der Waals surface area contributed by atoms with Crippen LogP contribution in [0, 0.1) is 5.82 Å². The third-order valence-electron chi connectivity index (χ3n) is 2.24. The van der Waals surface area contributed by atoms with Gasteiger partial charge in [0.1, 0.15) is 12.5 Å². The van der Waals surface area contributed by atoms with Crippen LogP contribution in [0.5, 0.6) is 0 Å². The molecule has 1 N–H and O–H groups in total. The Labute approximate surface area is 70.2 Å². The molecule has 2 rings (SSSR count). The van der Waals surface area contributed by atoms with E-state index in [-0.39, 0.29) is 12.5 Å². The lowest BCUT2D eigenvalue weighted by Gasteiger charge is -2.14. The number of nitrogens with zero attached hydrogens (tertiary/aromatic N) is 1. The highest BCUT2D eigenvalue weighted by Crippen LogP contribution is 2.28. The Hall–Kier alpha value is -1.09. The Morgan fingerprint density at radius 2 is 2.33 bits per heavy atom. The lowest BCUT2D eigenvalue weighted by molar-refractivity contribution is 0.294. The van der Waals surface area contributed by atoms with Gasteiger partial charge in [-0.2, -0.15) is 0 Å². The molecule has 0 fully saturated rings. The molecule has 64 valence electrons. The number of hydrogen-bond acceptors (Lipinski definition) is 2. The number of hydrogen-bond donors (Lipinski definition) is 1. The predicted molar refractivity (Wildman–Crippen MR) is 44.5 cm³/mol. The minimum Gasteiger partial charge on any atom is -0.376 e. The van der Waals surface area contributed by atoms with Crippen LogP contribution in [0.25, 0.3) is 0 Å². The average Bonchev–Trinajstić information content (AvgIpc) is 2.49. The van der Waals surface area contributed by atoms with Gasteiger partial charge in [0.2, 0.25) is 0 Å². The third-order valence-corrected chi connectivity index (χ3v) is 2.24. The van der Waals surface area contributed by atoms with Crippen LogP contribution in [0.3, 0.4) is 0 Å². The zero-order valence-electron chi connectivity index (χ0n) is 6.63. The minimum atomic E-state index is -0.163. The zero-order valence-corrected chi connectivity index (χ0v) is 6.63. The lowest BCUT2D eigenvalue weighted by atomic mass is 10.1. The van der Waals surface area contributed by atoms with Crippen LogP contribution in [0.4, 0.5) is 10.1 Å². The number of aliphatic hydroxyl groups excluding tert-OH is 1. The number of anilines is 1. The summed E-state index contributed by atoms with van der Waals surface area (Å²) in [5, 5.41) is 8.91. The van der Waals surface area contributed by atoms with Crippen molar-refractivity contribution in [3.8, 4) is 0 Å². The van der Waals surface area contributed by atoms with Gasteiger partial charge in [-0.05, 0) is 18.6 Å². The first kappa shape index (κ1) is 7.55. The van der Waals surface area contributed by atoms with Gasteiger partial charge in [0.15, 0.2) is 0 Å². The molecular weight excluding hydrogens is 157 g/mol. The third kappa shape index (κ3) is 0.975. The smallest absolute Gasteiger partial charge is 0.128 e. The normalized spacial score (nSPS) is 15.0. The van der Waals surface area contributed by atoms with Crippen molar-refractivity contribution in [1.29, 1.82) is 0 Å². The molecule has 0 spiro atoms. The standard InChI is InChI=1S/C9H10FNO/c10-8-2-1-3-9-7(8)4-5-11(9)6-12/h1-3,12H,4-6H2. The van der Waals surface area contributed by atoms with Gasteiger partial charge in [0, 0.05) is 17.8 Å². The summed E-state index contributed by atoms with van der Waals surface area (Å²) in [5.41, 5.74) is 1.56. The van der Waals surface area contributed by atoms with E-state index in [9.17, 15) is 4.39 Å². The van der Waals surface area contributed by atoms with E-state index in [0.29, 0.717) is 13.0 Å². The Kier molecular flexibility index (Phi) is 1.73. The van der Waals surface area contributed by atoms with Crippen molar-refractivity contribution in [2.45, 2.75) is 6.42 Å². The van der Waals surface area contributed by atoms with Gasteiger partial charge < -0.3 is 10.0 Å². The molecule has 1 aromatic carbocycles. The van der Waals surface area contributed by atoms with Crippen LogP contribution in [-0.2, 0) is 6.42 Å². The summed E-state index contributed by atoms with van der Waals surface area (Å²) in [6.07, 6.45) is 0.697. The van der Waals surface area contributed by atoms with Crippen LogP contribution in [-0.4, -0.2) is 18.4 Å². The topological polar surface area (TPSA) is 23.5 Å². The van der Waals surface area contributed by atoms with Crippen molar-refractivity contribution in [3.63, 3.8) is 0 Å². The quantitative estimate of drug-likeness (QED) is 0.678. The van der Waals surface area contributed by atoms with Gasteiger partial charge >= 0.3 is 0 Å². The first-order chi connectivity index (χ1) is 5.83. The zero-order chi connectivity index (χ0) is 8.55. The fourth-order valence-corrected chi connectivity index (χ4v) is 1.61. The first-order valence-electron chi connectivity index (χ1n) is 3.96.